The zero-order chi connectivity index (χ0) is 13.1. The number of rotatable bonds is 4. The number of piperidine rings is 1. The summed E-state index contributed by atoms with van der Waals surface area (Å²) < 4.78 is 6.43. The van der Waals surface area contributed by atoms with E-state index in [1.54, 1.807) is 0 Å². The van der Waals surface area contributed by atoms with Gasteiger partial charge in [-0.05, 0) is 68.1 Å². The first-order valence-corrected chi connectivity index (χ1v) is 7.27. The SMILES string of the molecule is CN1CCC(N(C)C(CN)c2ccc(Br)o2)CC1. The molecule has 2 rings (SSSR count). The monoisotopic (exact) mass is 315 g/mol. The van der Waals surface area contributed by atoms with Crippen molar-refractivity contribution in [2.45, 2.75) is 24.9 Å². The molecule has 0 aliphatic carbocycles. The maximum atomic E-state index is 5.92. The molecular weight excluding hydrogens is 294 g/mol. The van der Waals surface area contributed by atoms with Crippen molar-refractivity contribution in [1.29, 1.82) is 0 Å². The highest BCUT2D eigenvalue weighted by Gasteiger charge is 2.27. The third-order valence-electron chi connectivity index (χ3n) is 3.90. The molecule has 0 aromatic carbocycles. The molecule has 2 heterocycles. The van der Waals surface area contributed by atoms with Crippen LogP contribution in [0.4, 0.5) is 0 Å². The van der Waals surface area contributed by atoms with Crippen LogP contribution in [0.25, 0.3) is 0 Å². The Morgan fingerprint density at radius 2 is 2.17 bits per heavy atom. The summed E-state index contributed by atoms with van der Waals surface area (Å²) in [5, 5.41) is 0. The van der Waals surface area contributed by atoms with Crippen LogP contribution >= 0.6 is 15.9 Å². The van der Waals surface area contributed by atoms with Gasteiger partial charge >= 0.3 is 0 Å². The Labute approximate surface area is 117 Å². The summed E-state index contributed by atoms with van der Waals surface area (Å²) >= 11 is 3.35. The summed E-state index contributed by atoms with van der Waals surface area (Å²) in [6, 6.07) is 4.71. The molecule has 0 bridgehead atoms. The van der Waals surface area contributed by atoms with Crippen molar-refractivity contribution in [3.05, 3.63) is 22.6 Å². The van der Waals surface area contributed by atoms with E-state index in [-0.39, 0.29) is 6.04 Å². The van der Waals surface area contributed by atoms with Crippen LogP contribution < -0.4 is 5.73 Å². The maximum absolute atomic E-state index is 5.92. The normalized spacial score (nSPS) is 20.5. The van der Waals surface area contributed by atoms with Crippen molar-refractivity contribution in [2.75, 3.05) is 33.7 Å². The van der Waals surface area contributed by atoms with Crippen molar-refractivity contribution in [1.82, 2.24) is 9.80 Å². The molecule has 5 heteroatoms. The third kappa shape index (κ3) is 3.15. The molecule has 1 atom stereocenters. The Morgan fingerprint density at radius 1 is 1.50 bits per heavy atom. The van der Waals surface area contributed by atoms with Gasteiger partial charge in [0.1, 0.15) is 5.76 Å². The highest BCUT2D eigenvalue weighted by molar-refractivity contribution is 9.10. The van der Waals surface area contributed by atoms with Crippen molar-refractivity contribution in [2.24, 2.45) is 5.73 Å². The molecule has 1 saturated heterocycles. The van der Waals surface area contributed by atoms with Gasteiger partial charge in [-0.3, -0.25) is 4.90 Å². The quantitative estimate of drug-likeness (QED) is 0.924. The van der Waals surface area contributed by atoms with Crippen LogP contribution in [-0.4, -0.2) is 49.6 Å². The van der Waals surface area contributed by atoms with Gasteiger partial charge < -0.3 is 15.1 Å². The molecule has 1 unspecified atom stereocenters. The van der Waals surface area contributed by atoms with Crippen LogP contribution in [0.3, 0.4) is 0 Å². The van der Waals surface area contributed by atoms with Crippen LogP contribution in [0.1, 0.15) is 24.6 Å². The third-order valence-corrected chi connectivity index (χ3v) is 4.33. The van der Waals surface area contributed by atoms with E-state index in [9.17, 15) is 0 Å². The lowest BCUT2D eigenvalue weighted by Crippen LogP contribution is -2.44. The molecule has 1 aromatic heterocycles. The number of hydrogen-bond donors (Lipinski definition) is 1. The van der Waals surface area contributed by atoms with Gasteiger partial charge in [-0.15, -0.1) is 0 Å². The van der Waals surface area contributed by atoms with Crippen LogP contribution in [0.15, 0.2) is 21.2 Å². The Balaban J connectivity index is 2.03. The van der Waals surface area contributed by atoms with E-state index in [1.165, 1.54) is 12.8 Å². The van der Waals surface area contributed by atoms with Gasteiger partial charge in [-0.2, -0.15) is 0 Å². The zero-order valence-electron chi connectivity index (χ0n) is 11.1. The Hall–Kier alpha value is -0.360. The smallest absolute Gasteiger partial charge is 0.169 e. The van der Waals surface area contributed by atoms with Crippen molar-refractivity contribution in [3.63, 3.8) is 0 Å². The lowest BCUT2D eigenvalue weighted by molar-refractivity contribution is 0.0993. The first-order valence-electron chi connectivity index (χ1n) is 6.47. The number of nitrogens with two attached hydrogens (primary N) is 1. The minimum absolute atomic E-state index is 0.171. The van der Waals surface area contributed by atoms with E-state index in [1.807, 2.05) is 12.1 Å². The average Bonchev–Trinajstić information content (AvgIpc) is 2.77. The van der Waals surface area contributed by atoms with Crippen molar-refractivity contribution < 1.29 is 4.42 Å². The van der Waals surface area contributed by atoms with Crippen LogP contribution in [0.2, 0.25) is 0 Å². The number of nitrogens with zero attached hydrogens (tertiary/aromatic N) is 2. The second kappa shape index (κ2) is 6.19. The molecule has 2 N–H and O–H groups in total. The minimum atomic E-state index is 0.171. The fraction of sp³-hybridized carbons (Fsp3) is 0.692. The summed E-state index contributed by atoms with van der Waals surface area (Å²) in [7, 11) is 4.34. The fourth-order valence-electron chi connectivity index (χ4n) is 2.65. The largest absolute Gasteiger partial charge is 0.453 e. The number of furan rings is 1. The number of hydrogen-bond acceptors (Lipinski definition) is 4. The summed E-state index contributed by atoms with van der Waals surface area (Å²) in [5.74, 6) is 0.950. The van der Waals surface area contributed by atoms with E-state index in [2.05, 4.69) is 39.8 Å². The molecular formula is C13H22BrN3O. The summed E-state index contributed by atoms with van der Waals surface area (Å²) in [6.07, 6.45) is 2.40. The first-order chi connectivity index (χ1) is 8.61. The van der Waals surface area contributed by atoms with Crippen molar-refractivity contribution >= 4 is 15.9 Å². The maximum Gasteiger partial charge on any atom is 0.169 e. The summed E-state index contributed by atoms with van der Waals surface area (Å²) in [6.45, 7) is 2.91. The molecule has 18 heavy (non-hydrogen) atoms. The van der Waals surface area contributed by atoms with Crippen molar-refractivity contribution in [3.8, 4) is 0 Å². The lowest BCUT2D eigenvalue weighted by Gasteiger charge is -2.38. The molecule has 1 aliphatic rings. The molecule has 1 fully saturated rings. The van der Waals surface area contributed by atoms with Crippen LogP contribution in [0.5, 0.6) is 0 Å². The molecule has 1 aromatic rings. The fourth-order valence-corrected chi connectivity index (χ4v) is 2.97. The second-order valence-corrected chi connectivity index (χ2v) is 5.87. The molecule has 0 saturated carbocycles. The molecule has 0 spiro atoms. The Morgan fingerprint density at radius 3 is 2.67 bits per heavy atom. The van der Waals surface area contributed by atoms with Crippen LogP contribution in [0, 0.1) is 0 Å². The minimum Gasteiger partial charge on any atom is -0.453 e. The van der Waals surface area contributed by atoms with Gasteiger partial charge in [0, 0.05) is 12.6 Å². The number of halogens is 1. The molecule has 4 nitrogen and oxygen atoms in total. The van der Waals surface area contributed by atoms with E-state index < -0.39 is 0 Å². The molecule has 0 radical (unpaired) electrons. The second-order valence-electron chi connectivity index (χ2n) is 5.09. The number of likely N-dealkylation sites (N-methyl/N-ethyl adjacent to an activating group) is 1. The molecule has 1 aliphatic heterocycles. The highest BCUT2D eigenvalue weighted by Crippen LogP contribution is 2.27. The van der Waals surface area contributed by atoms with Gasteiger partial charge in [0.2, 0.25) is 0 Å². The number of likely N-dealkylation sites (tertiary alicyclic amines) is 1. The van der Waals surface area contributed by atoms with E-state index in [4.69, 9.17) is 10.2 Å². The lowest BCUT2D eigenvalue weighted by atomic mass is 10.0. The highest BCUT2D eigenvalue weighted by atomic mass is 79.9. The van der Waals surface area contributed by atoms with Crippen LogP contribution in [-0.2, 0) is 0 Å². The average molecular weight is 316 g/mol. The topological polar surface area (TPSA) is 45.6 Å². The van der Waals surface area contributed by atoms with Gasteiger partial charge in [-0.1, -0.05) is 0 Å². The van der Waals surface area contributed by atoms with E-state index in [0.29, 0.717) is 12.6 Å². The van der Waals surface area contributed by atoms with Gasteiger partial charge in [0.25, 0.3) is 0 Å². The summed E-state index contributed by atoms with van der Waals surface area (Å²) in [5.41, 5.74) is 5.92. The van der Waals surface area contributed by atoms with Gasteiger partial charge in [-0.25, -0.2) is 0 Å². The van der Waals surface area contributed by atoms with Gasteiger partial charge in [0.05, 0.1) is 6.04 Å². The Bertz CT molecular complexity index is 374. The zero-order valence-corrected chi connectivity index (χ0v) is 12.7. The molecule has 102 valence electrons. The Kier molecular flexibility index (Phi) is 4.84. The van der Waals surface area contributed by atoms with E-state index in [0.717, 1.165) is 23.5 Å². The first kappa shape index (κ1) is 14.1. The summed E-state index contributed by atoms with van der Waals surface area (Å²) in [4.78, 5) is 4.75. The predicted molar refractivity (Wildman–Crippen MR) is 76.5 cm³/mol. The molecule has 0 amide bonds. The van der Waals surface area contributed by atoms with Gasteiger partial charge in [0.15, 0.2) is 4.67 Å². The standard InChI is InChI=1S/C13H22BrN3O/c1-16-7-5-10(6-8-16)17(2)11(9-15)12-3-4-13(14)18-12/h3-4,10-11H,5-9,15H2,1-2H3. The predicted octanol–water partition coefficient (Wildman–Crippen LogP) is 2.07. The van der Waals surface area contributed by atoms with E-state index >= 15 is 0 Å².